The molecular weight excluding hydrogens is 258 g/mol. The summed E-state index contributed by atoms with van der Waals surface area (Å²) in [4.78, 5) is 23.3. The summed E-state index contributed by atoms with van der Waals surface area (Å²) in [6.07, 6.45) is 4.10. The lowest BCUT2D eigenvalue weighted by Crippen LogP contribution is -2.47. The smallest absolute Gasteiger partial charge is 0.267 e. The van der Waals surface area contributed by atoms with Crippen molar-refractivity contribution in [3.8, 4) is 0 Å². The van der Waals surface area contributed by atoms with E-state index in [-0.39, 0.29) is 18.4 Å². The van der Waals surface area contributed by atoms with Gasteiger partial charge in [0.1, 0.15) is 5.71 Å². The van der Waals surface area contributed by atoms with Gasteiger partial charge < -0.3 is 10.4 Å². The Morgan fingerprint density at radius 3 is 2.70 bits per heavy atom. The average molecular weight is 281 g/mol. The van der Waals surface area contributed by atoms with Gasteiger partial charge in [0, 0.05) is 26.4 Å². The van der Waals surface area contributed by atoms with Crippen molar-refractivity contribution in [1.82, 2.24) is 10.3 Å². The van der Waals surface area contributed by atoms with Crippen molar-refractivity contribution >= 4 is 17.5 Å². The minimum Gasteiger partial charge on any atom is -0.388 e. The number of nitrogens with one attached hydrogen (secondary N) is 1. The van der Waals surface area contributed by atoms with Gasteiger partial charge in [-0.05, 0) is 31.6 Å². The largest absolute Gasteiger partial charge is 0.388 e. The van der Waals surface area contributed by atoms with Gasteiger partial charge >= 0.3 is 0 Å². The Morgan fingerprint density at radius 1 is 1.45 bits per heavy atom. The van der Waals surface area contributed by atoms with Crippen molar-refractivity contribution in [3.63, 3.8) is 0 Å². The summed E-state index contributed by atoms with van der Waals surface area (Å²) in [5.74, 6) is 0.284. The van der Waals surface area contributed by atoms with E-state index in [9.17, 15) is 14.7 Å². The molecule has 1 aliphatic carbocycles. The lowest BCUT2D eigenvalue weighted by atomic mass is 9.79. The standard InChI is InChI=1S/C14H23N3O3/c1-10-5-7-14(20,8-6-10)9-15-13(19)11-3-4-12(18)17(2)16-11/h10,20H,3-9H2,1-2H3,(H,15,19). The molecule has 0 saturated heterocycles. The molecule has 1 aliphatic heterocycles. The van der Waals surface area contributed by atoms with E-state index in [1.165, 1.54) is 5.01 Å². The van der Waals surface area contributed by atoms with Gasteiger partial charge in [-0.15, -0.1) is 0 Å². The number of hydrogen-bond donors (Lipinski definition) is 2. The molecular formula is C14H23N3O3. The van der Waals surface area contributed by atoms with E-state index in [4.69, 9.17) is 0 Å². The Morgan fingerprint density at radius 2 is 2.10 bits per heavy atom. The summed E-state index contributed by atoms with van der Waals surface area (Å²) in [5.41, 5.74) is -0.432. The van der Waals surface area contributed by atoms with E-state index in [1.54, 1.807) is 7.05 Å². The Hall–Kier alpha value is -1.43. The number of nitrogens with zero attached hydrogens (tertiary/aromatic N) is 2. The van der Waals surface area contributed by atoms with Crippen LogP contribution in [0.25, 0.3) is 0 Å². The number of hydrogen-bond acceptors (Lipinski definition) is 4. The van der Waals surface area contributed by atoms with Crippen LogP contribution in [0.1, 0.15) is 45.4 Å². The third-order valence-electron chi connectivity index (χ3n) is 4.25. The summed E-state index contributed by atoms with van der Waals surface area (Å²) in [6, 6.07) is 0. The molecule has 0 radical (unpaired) electrons. The highest BCUT2D eigenvalue weighted by Crippen LogP contribution is 2.31. The molecule has 0 spiro atoms. The van der Waals surface area contributed by atoms with Crippen LogP contribution in [0, 0.1) is 5.92 Å². The zero-order valence-electron chi connectivity index (χ0n) is 12.2. The van der Waals surface area contributed by atoms with Gasteiger partial charge in [0.2, 0.25) is 5.91 Å². The van der Waals surface area contributed by atoms with Crippen molar-refractivity contribution < 1.29 is 14.7 Å². The molecule has 0 aromatic rings. The molecule has 2 N–H and O–H groups in total. The van der Waals surface area contributed by atoms with Crippen LogP contribution in [0.15, 0.2) is 5.10 Å². The predicted octanol–water partition coefficient (Wildman–Crippen LogP) is 0.652. The summed E-state index contributed by atoms with van der Waals surface area (Å²) in [7, 11) is 1.55. The molecule has 0 bridgehead atoms. The SMILES string of the molecule is CC1CCC(O)(CNC(=O)C2=NN(C)C(=O)CC2)CC1. The minimum absolute atomic E-state index is 0.0820. The van der Waals surface area contributed by atoms with Crippen LogP contribution in [-0.2, 0) is 9.59 Å². The third-order valence-corrected chi connectivity index (χ3v) is 4.25. The Kier molecular flexibility index (Phi) is 4.42. The Bertz CT molecular complexity index is 425. The monoisotopic (exact) mass is 281 g/mol. The van der Waals surface area contributed by atoms with E-state index >= 15 is 0 Å². The fourth-order valence-electron chi connectivity index (χ4n) is 2.66. The second-order valence-electron chi connectivity index (χ2n) is 6.05. The van der Waals surface area contributed by atoms with Crippen molar-refractivity contribution in [1.29, 1.82) is 0 Å². The van der Waals surface area contributed by atoms with E-state index < -0.39 is 5.60 Å². The highest BCUT2D eigenvalue weighted by atomic mass is 16.3. The van der Waals surface area contributed by atoms with Crippen molar-refractivity contribution in [2.45, 2.75) is 51.0 Å². The molecule has 2 amide bonds. The van der Waals surface area contributed by atoms with E-state index in [0.717, 1.165) is 25.7 Å². The summed E-state index contributed by atoms with van der Waals surface area (Å²) < 4.78 is 0. The van der Waals surface area contributed by atoms with Crippen LogP contribution in [0.3, 0.4) is 0 Å². The predicted molar refractivity (Wildman–Crippen MR) is 75.0 cm³/mol. The molecule has 1 heterocycles. The maximum Gasteiger partial charge on any atom is 0.267 e. The lowest BCUT2D eigenvalue weighted by Gasteiger charge is -2.35. The van der Waals surface area contributed by atoms with Crippen LogP contribution in [0.2, 0.25) is 0 Å². The number of hydrazone groups is 1. The zero-order chi connectivity index (χ0) is 14.8. The molecule has 0 unspecified atom stereocenters. The van der Waals surface area contributed by atoms with Crippen LogP contribution >= 0.6 is 0 Å². The van der Waals surface area contributed by atoms with Crippen molar-refractivity contribution in [3.05, 3.63) is 0 Å². The zero-order valence-corrected chi connectivity index (χ0v) is 12.2. The van der Waals surface area contributed by atoms with Crippen LogP contribution in [-0.4, -0.2) is 46.8 Å². The quantitative estimate of drug-likeness (QED) is 0.797. The molecule has 2 rings (SSSR count). The van der Waals surface area contributed by atoms with Gasteiger partial charge in [-0.2, -0.15) is 5.10 Å². The van der Waals surface area contributed by atoms with Gasteiger partial charge in [0.05, 0.1) is 5.60 Å². The van der Waals surface area contributed by atoms with Gasteiger partial charge in [0.25, 0.3) is 5.91 Å². The number of carbonyl (C=O) groups is 2. The number of carbonyl (C=O) groups excluding carboxylic acids is 2. The summed E-state index contributed by atoms with van der Waals surface area (Å²) in [5, 5.41) is 18.3. The highest BCUT2D eigenvalue weighted by Gasteiger charge is 2.32. The van der Waals surface area contributed by atoms with Crippen LogP contribution < -0.4 is 5.32 Å². The normalized spacial score (nSPS) is 30.9. The average Bonchev–Trinajstić information content (AvgIpc) is 2.43. The molecule has 6 nitrogen and oxygen atoms in total. The summed E-state index contributed by atoms with van der Waals surface area (Å²) >= 11 is 0. The molecule has 0 atom stereocenters. The van der Waals surface area contributed by atoms with Gasteiger partial charge in [-0.25, -0.2) is 5.01 Å². The molecule has 1 fully saturated rings. The fraction of sp³-hybridized carbons (Fsp3) is 0.786. The number of aliphatic hydroxyl groups is 1. The van der Waals surface area contributed by atoms with Crippen molar-refractivity contribution in [2.75, 3.05) is 13.6 Å². The van der Waals surface area contributed by atoms with E-state index in [1.807, 2.05) is 0 Å². The number of rotatable bonds is 3. The Balaban J connectivity index is 1.86. The molecule has 112 valence electrons. The molecule has 2 aliphatic rings. The first-order valence-electron chi connectivity index (χ1n) is 7.24. The molecule has 6 heteroatoms. The second kappa shape index (κ2) is 5.91. The fourth-order valence-corrected chi connectivity index (χ4v) is 2.66. The third kappa shape index (κ3) is 3.56. The van der Waals surface area contributed by atoms with E-state index in [0.29, 0.717) is 24.5 Å². The Labute approximate surface area is 119 Å². The maximum absolute atomic E-state index is 12.0. The van der Waals surface area contributed by atoms with Gasteiger partial charge in [-0.3, -0.25) is 9.59 Å². The molecule has 0 aromatic carbocycles. The molecule has 20 heavy (non-hydrogen) atoms. The second-order valence-corrected chi connectivity index (χ2v) is 6.05. The minimum atomic E-state index is -0.793. The maximum atomic E-state index is 12.0. The van der Waals surface area contributed by atoms with Crippen LogP contribution in [0.5, 0.6) is 0 Å². The first-order valence-corrected chi connectivity index (χ1v) is 7.24. The molecule has 1 saturated carbocycles. The van der Waals surface area contributed by atoms with Crippen molar-refractivity contribution in [2.24, 2.45) is 11.0 Å². The number of amides is 2. The van der Waals surface area contributed by atoms with Gasteiger partial charge in [-0.1, -0.05) is 6.92 Å². The highest BCUT2D eigenvalue weighted by molar-refractivity contribution is 6.39. The van der Waals surface area contributed by atoms with E-state index in [2.05, 4.69) is 17.3 Å². The topological polar surface area (TPSA) is 82.0 Å². The first kappa shape index (κ1) is 15.0. The molecule has 0 aromatic heterocycles. The summed E-state index contributed by atoms with van der Waals surface area (Å²) in [6.45, 7) is 2.44. The lowest BCUT2D eigenvalue weighted by molar-refractivity contribution is -0.130. The first-order chi connectivity index (χ1) is 9.39. The van der Waals surface area contributed by atoms with Crippen LogP contribution in [0.4, 0.5) is 0 Å². The van der Waals surface area contributed by atoms with Gasteiger partial charge in [0.15, 0.2) is 0 Å².